The van der Waals surface area contributed by atoms with Gasteiger partial charge in [-0.3, -0.25) is 4.79 Å². The van der Waals surface area contributed by atoms with Gasteiger partial charge in [0.1, 0.15) is 17.0 Å². The summed E-state index contributed by atoms with van der Waals surface area (Å²) < 4.78 is 14.8. The Balaban J connectivity index is 2.31. The Hall–Kier alpha value is -2.32. The molecule has 0 aliphatic rings. The number of aryl methyl sites for hydroxylation is 2. The third-order valence-corrected chi connectivity index (χ3v) is 3.32. The van der Waals surface area contributed by atoms with E-state index in [-0.39, 0.29) is 5.56 Å². The molecule has 0 radical (unpaired) electrons. The minimum Gasteiger partial charge on any atom is -0.341 e. The molecule has 6 heteroatoms. The Labute approximate surface area is 120 Å². The normalized spacial score (nSPS) is 10.2. The largest absolute Gasteiger partial charge is 0.341 e. The number of rotatable bonds is 2. The molecule has 2 rings (SSSR count). The molecule has 0 unspecified atom stereocenters. The molecule has 1 amide bonds. The quantitative estimate of drug-likeness (QED) is 0.923. The maximum absolute atomic E-state index is 13.2. The first kappa shape index (κ1) is 14.1. The van der Waals surface area contributed by atoms with Gasteiger partial charge in [-0.2, -0.15) is 5.26 Å². The van der Waals surface area contributed by atoms with Gasteiger partial charge in [-0.25, -0.2) is 4.39 Å². The molecule has 0 aliphatic heterocycles. The maximum atomic E-state index is 13.2. The van der Waals surface area contributed by atoms with Crippen LogP contribution in [0.1, 0.15) is 21.5 Å². The first-order valence-corrected chi connectivity index (χ1v) is 6.14. The fourth-order valence-electron chi connectivity index (χ4n) is 1.91. The number of carbonyl (C=O) groups is 1. The summed E-state index contributed by atoms with van der Waals surface area (Å²) in [6, 6.07) is 5.52. The first-order valence-electron chi connectivity index (χ1n) is 5.76. The summed E-state index contributed by atoms with van der Waals surface area (Å²) in [5, 5.41) is 11.7. The number of anilines is 1. The highest BCUT2D eigenvalue weighted by atomic mass is 35.5. The van der Waals surface area contributed by atoms with Gasteiger partial charge in [-0.1, -0.05) is 11.6 Å². The van der Waals surface area contributed by atoms with E-state index in [1.165, 1.54) is 12.1 Å². The maximum Gasteiger partial charge on any atom is 0.259 e. The number of nitrogens with one attached hydrogen (secondary N) is 1. The standard InChI is InChI=1S/C14H11ClFN3O/c1-8-7-19(2)13(15)12(8)14(20)18-10-3-4-11(16)9(5-10)6-17/h3-5,7H,1-2H3,(H,18,20). The lowest BCUT2D eigenvalue weighted by molar-refractivity contribution is 0.102. The number of benzene rings is 1. The van der Waals surface area contributed by atoms with Crippen LogP contribution in [-0.4, -0.2) is 10.5 Å². The summed E-state index contributed by atoms with van der Waals surface area (Å²) >= 11 is 6.05. The summed E-state index contributed by atoms with van der Waals surface area (Å²) in [5.41, 5.74) is 1.31. The number of nitriles is 1. The molecule has 1 heterocycles. The zero-order chi connectivity index (χ0) is 14.9. The second kappa shape index (κ2) is 5.35. The van der Waals surface area contributed by atoms with E-state index >= 15 is 0 Å². The Bertz CT molecular complexity index is 731. The number of nitrogens with zero attached hydrogens (tertiary/aromatic N) is 2. The lowest BCUT2D eigenvalue weighted by atomic mass is 10.1. The van der Waals surface area contributed by atoms with Crippen molar-refractivity contribution in [2.45, 2.75) is 6.92 Å². The van der Waals surface area contributed by atoms with Crippen LogP contribution in [-0.2, 0) is 7.05 Å². The molecule has 4 nitrogen and oxygen atoms in total. The predicted molar refractivity (Wildman–Crippen MR) is 74.2 cm³/mol. The summed E-state index contributed by atoms with van der Waals surface area (Å²) in [6.07, 6.45) is 1.74. The van der Waals surface area contributed by atoms with E-state index in [0.717, 1.165) is 11.6 Å². The van der Waals surface area contributed by atoms with Crippen molar-refractivity contribution in [3.8, 4) is 6.07 Å². The predicted octanol–water partition coefficient (Wildman–Crippen LogP) is 3.25. The molecule has 0 atom stereocenters. The molecule has 0 aliphatic carbocycles. The molecule has 1 N–H and O–H groups in total. The van der Waals surface area contributed by atoms with Crippen molar-refractivity contribution in [1.82, 2.24) is 4.57 Å². The van der Waals surface area contributed by atoms with Crippen LogP contribution in [0.3, 0.4) is 0 Å². The van der Waals surface area contributed by atoms with E-state index in [9.17, 15) is 9.18 Å². The number of hydrogen-bond donors (Lipinski definition) is 1. The number of carbonyl (C=O) groups excluding carboxylic acids is 1. The Morgan fingerprint density at radius 2 is 2.20 bits per heavy atom. The Morgan fingerprint density at radius 3 is 2.75 bits per heavy atom. The van der Waals surface area contributed by atoms with Gasteiger partial charge >= 0.3 is 0 Å². The van der Waals surface area contributed by atoms with Crippen molar-refractivity contribution < 1.29 is 9.18 Å². The van der Waals surface area contributed by atoms with Crippen molar-refractivity contribution in [1.29, 1.82) is 5.26 Å². The fraction of sp³-hybridized carbons (Fsp3) is 0.143. The first-order chi connectivity index (χ1) is 9.43. The molecule has 0 saturated heterocycles. The number of aromatic nitrogens is 1. The molecule has 0 spiro atoms. The molecule has 0 fully saturated rings. The molecule has 20 heavy (non-hydrogen) atoms. The van der Waals surface area contributed by atoms with Gasteiger partial charge in [0.25, 0.3) is 5.91 Å². The topological polar surface area (TPSA) is 57.8 Å². The number of halogens is 2. The minimum absolute atomic E-state index is 0.126. The van der Waals surface area contributed by atoms with Crippen LogP contribution >= 0.6 is 11.6 Å². The van der Waals surface area contributed by atoms with Crippen LogP contribution in [0.15, 0.2) is 24.4 Å². The number of hydrogen-bond acceptors (Lipinski definition) is 2. The van der Waals surface area contributed by atoms with Crippen LogP contribution in [0.5, 0.6) is 0 Å². The number of amides is 1. The third kappa shape index (κ3) is 2.51. The summed E-state index contributed by atoms with van der Waals surface area (Å²) in [7, 11) is 1.73. The summed E-state index contributed by atoms with van der Waals surface area (Å²) in [4.78, 5) is 12.2. The van der Waals surface area contributed by atoms with E-state index < -0.39 is 11.7 Å². The van der Waals surface area contributed by atoms with Gasteiger partial charge < -0.3 is 9.88 Å². The van der Waals surface area contributed by atoms with Crippen molar-refractivity contribution in [2.24, 2.45) is 7.05 Å². The van der Waals surface area contributed by atoms with Crippen molar-refractivity contribution in [3.05, 3.63) is 52.1 Å². The molecule has 1 aromatic carbocycles. The minimum atomic E-state index is -0.626. The zero-order valence-corrected chi connectivity index (χ0v) is 11.6. The Kier molecular flexibility index (Phi) is 3.77. The van der Waals surface area contributed by atoms with Gasteiger partial charge in [0.05, 0.1) is 11.1 Å². The lowest BCUT2D eigenvalue weighted by Gasteiger charge is -2.06. The lowest BCUT2D eigenvalue weighted by Crippen LogP contribution is -2.13. The van der Waals surface area contributed by atoms with E-state index in [0.29, 0.717) is 16.4 Å². The average molecular weight is 292 g/mol. The summed E-state index contributed by atoms with van der Waals surface area (Å²) in [6.45, 7) is 1.77. The van der Waals surface area contributed by atoms with Crippen LogP contribution in [0.2, 0.25) is 5.15 Å². The van der Waals surface area contributed by atoms with Gasteiger partial charge in [-0.15, -0.1) is 0 Å². The molecular weight excluding hydrogens is 281 g/mol. The van der Waals surface area contributed by atoms with Gasteiger partial charge in [-0.05, 0) is 30.7 Å². The van der Waals surface area contributed by atoms with Gasteiger partial charge in [0.15, 0.2) is 0 Å². The van der Waals surface area contributed by atoms with E-state index in [1.807, 2.05) is 0 Å². The van der Waals surface area contributed by atoms with E-state index in [2.05, 4.69) is 5.32 Å². The SMILES string of the molecule is Cc1cn(C)c(Cl)c1C(=O)Nc1ccc(F)c(C#N)c1. The monoisotopic (exact) mass is 291 g/mol. The molecule has 0 bridgehead atoms. The van der Waals surface area contributed by atoms with Crippen LogP contribution < -0.4 is 5.32 Å². The molecule has 1 aromatic heterocycles. The average Bonchev–Trinajstić information content (AvgIpc) is 2.65. The van der Waals surface area contributed by atoms with Gasteiger partial charge in [0.2, 0.25) is 0 Å². The Morgan fingerprint density at radius 1 is 1.50 bits per heavy atom. The van der Waals surface area contributed by atoms with Crippen LogP contribution in [0, 0.1) is 24.1 Å². The molecule has 2 aromatic rings. The molecular formula is C14H11ClFN3O. The fourth-order valence-corrected chi connectivity index (χ4v) is 2.19. The molecule has 102 valence electrons. The van der Waals surface area contributed by atoms with Gasteiger partial charge in [0, 0.05) is 18.9 Å². The van der Waals surface area contributed by atoms with E-state index in [1.54, 1.807) is 30.8 Å². The highest BCUT2D eigenvalue weighted by molar-refractivity contribution is 6.33. The second-order valence-electron chi connectivity index (χ2n) is 4.35. The second-order valence-corrected chi connectivity index (χ2v) is 4.71. The van der Waals surface area contributed by atoms with Crippen molar-refractivity contribution in [3.63, 3.8) is 0 Å². The van der Waals surface area contributed by atoms with Crippen molar-refractivity contribution in [2.75, 3.05) is 5.32 Å². The zero-order valence-electron chi connectivity index (χ0n) is 10.9. The smallest absolute Gasteiger partial charge is 0.259 e. The highest BCUT2D eigenvalue weighted by Gasteiger charge is 2.17. The van der Waals surface area contributed by atoms with Crippen LogP contribution in [0.4, 0.5) is 10.1 Å². The van der Waals surface area contributed by atoms with Crippen LogP contribution in [0.25, 0.3) is 0 Å². The summed E-state index contributed by atoms with van der Waals surface area (Å²) in [5.74, 6) is -1.02. The van der Waals surface area contributed by atoms with E-state index in [4.69, 9.17) is 16.9 Å². The highest BCUT2D eigenvalue weighted by Crippen LogP contribution is 2.23. The van der Waals surface area contributed by atoms with Crippen molar-refractivity contribution >= 4 is 23.2 Å². The molecule has 0 saturated carbocycles. The third-order valence-electron chi connectivity index (χ3n) is 2.87.